The number of benzene rings is 1. The van der Waals surface area contributed by atoms with Crippen molar-refractivity contribution >= 4 is 0 Å². The lowest BCUT2D eigenvalue weighted by atomic mass is 9.77. The molecular formula is C15H19N3O2. The van der Waals surface area contributed by atoms with Gasteiger partial charge in [-0.3, -0.25) is 0 Å². The second-order valence-corrected chi connectivity index (χ2v) is 5.96. The summed E-state index contributed by atoms with van der Waals surface area (Å²) in [4.78, 5) is 2.95. The van der Waals surface area contributed by atoms with Gasteiger partial charge in [-0.25, -0.2) is 0 Å². The maximum absolute atomic E-state index is 8.65. The van der Waals surface area contributed by atoms with Crippen LogP contribution in [-0.2, 0) is 9.47 Å². The fourth-order valence-corrected chi connectivity index (χ4v) is 3.45. The van der Waals surface area contributed by atoms with Gasteiger partial charge < -0.3 is 9.47 Å². The summed E-state index contributed by atoms with van der Waals surface area (Å²) >= 11 is 0. The summed E-state index contributed by atoms with van der Waals surface area (Å²) in [6.45, 7) is 2.76. The first-order chi connectivity index (χ1) is 9.71. The maximum Gasteiger partial charge on any atom is 0.184 e. The minimum absolute atomic E-state index is 0.0156. The lowest BCUT2D eigenvalue weighted by molar-refractivity contribution is -0.110. The van der Waals surface area contributed by atoms with E-state index in [1.165, 1.54) is 0 Å². The van der Waals surface area contributed by atoms with Crippen LogP contribution in [0.25, 0.3) is 10.4 Å². The Morgan fingerprint density at radius 1 is 1.30 bits per heavy atom. The number of rotatable bonds is 2. The van der Waals surface area contributed by atoms with Crippen molar-refractivity contribution in [3.63, 3.8) is 0 Å². The number of nitrogens with zero attached hydrogens (tertiary/aromatic N) is 3. The second kappa shape index (κ2) is 5.44. The molecule has 106 valence electrons. The minimum atomic E-state index is -0.298. The van der Waals surface area contributed by atoms with E-state index in [1.54, 1.807) is 0 Å². The maximum atomic E-state index is 8.65. The van der Waals surface area contributed by atoms with Crippen LogP contribution in [0.4, 0.5) is 0 Å². The van der Waals surface area contributed by atoms with Gasteiger partial charge >= 0.3 is 0 Å². The Morgan fingerprint density at radius 2 is 2.10 bits per heavy atom. The first-order valence-electron chi connectivity index (χ1n) is 7.09. The SMILES string of the molecule is C[C@H]1C[C@@H](N=[N+]=[N-])C[C@@]2(COC(c3ccccc3)O2)C1. The zero-order valence-electron chi connectivity index (χ0n) is 11.6. The Labute approximate surface area is 118 Å². The van der Waals surface area contributed by atoms with Crippen molar-refractivity contribution in [1.82, 2.24) is 0 Å². The van der Waals surface area contributed by atoms with E-state index in [-0.39, 0.29) is 17.9 Å². The molecule has 0 radical (unpaired) electrons. The van der Waals surface area contributed by atoms with Crippen LogP contribution in [0.2, 0.25) is 0 Å². The van der Waals surface area contributed by atoms with Gasteiger partial charge in [0.1, 0.15) is 0 Å². The van der Waals surface area contributed by atoms with E-state index in [1.807, 2.05) is 30.3 Å². The molecule has 4 atom stereocenters. The van der Waals surface area contributed by atoms with Gasteiger partial charge in [0.25, 0.3) is 0 Å². The molecule has 1 aromatic rings. The van der Waals surface area contributed by atoms with E-state index >= 15 is 0 Å². The molecule has 5 nitrogen and oxygen atoms in total. The highest BCUT2D eigenvalue weighted by Crippen LogP contribution is 2.44. The lowest BCUT2D eigenvalue weighted by Gasteiger charge is -2.38. The largest absolute Gasteiger partial charge is 0.345 e. The molecule has 0 amide bonds. The van der Waals surface area contributed by atoms with E-state index in [4.69, 9.17) is 15.0 Å². The van der Waals surface area contributed by atoms with Gasteiger partial charge in [0.15, 0.2) is 6.29 Å². The fourth-order valence-electron chi connectivity index (χ4n) is 3.45. The van der Waals surface area contributed by atoms with Crippen molar-refractivity contribution in [1.29, 1.82) is 0 Å². The fraction of sp³-hybridized carbons (Fsp3) is 0.600. The quantitative estimate of drug-likeness (QED) is 0.465. The molecule has 1 aromatic carbocycles. The molecule has 5 heteroatoms. The Morgan fingerprint density at radius 3 is 2.85 bits per heavy atom. The predicted octanol–water partition coefficient (Wildman–Crippen LogP) is 3.97. The summed E-state index contributed by atoms with van der Waals surface area (Å²) < 4.78 is 12.1. The van der Waals surface area contributed by atoms with Crippen molar-refractivity contribution in [2.45, 2.75) is 44.1 Å². The highest BCUT2D eigenvalue weighted by Gasteiger charge is 2.46. The summed E-state index contributed by atoms with van der Waals surface area (Å²) in [7, 11) is 0. The van der Waals surface area contributed by atoms with Crippen molar-refractivity contribution < 1.29 is 9.47 Å². The van der Waals surface area contributed by atoms with Gasteiger partial charge in [0.2, 0.25) is 0 Å². The molecule has 1 saturated carbocycles. The molecule has 20 heavy (non-hydrogen) atoms. The van der Waals surface area contributed by atoms with Crippen LogP contribution in [0, 0.1) is 5.92 Å². The molecular weight excluding hydrogens is 254 g/mol. The molecule has 1 heterocycles. The van der Waals surface area contributed by atoms with E-state index in [9.17, 15) is 0 Å². The van der Waals surface area contributed by atoms with Gasteiger partial charge in [-0.2, -0.15) is 0 Å². The predicted molar refractivity (Wildman–Crippen MR) is 74.9 cm³/mol. The topological polar surface area (TPSA) is 67.2 Å². The third-order valence-electron chi connectivity index (χ3n) is 4.14. The Kier molecular flexibility index (Phi) is 3.66. The molecule has 0 bridgehead atoms. The summed E-state index contributed by atoms with van der Waals surface area (Å²) in [6, 6.07) is 10.00. The van der Waals surface area contributed by atoms with Crippen LogP contribution in [0.3, 0.4) is 0 Å². The molecule has 1 aliphatic heterocycles. The standard InChI is InChI=1S/C15H19N3O2/c1-11-7-13(17-18-16)9-15(8-11)10-19-14(20-15)12-5-3-2-4-6-12/h2-6,11,13-14H,7-10H2,1H3/t11-,13+,14?,15+/m0/s1. The zero-order chi connectivity index (χ0) is 14.0. The monoisotopic (exact) mass is 273 g/mol. The molecule has 0 N–H and O–H groups in total. The Balaban J connectivity index is 1.75. The van der Waals surface area contributed by atoms with Crippen molar-refractivity contribution in [3.05, 3.63) is 46.3 Å². The van der Waals surface area contributed by atoms with Gasteiger partial charge in [0.05, 0.1) is 12.2 Å². The van der Waals surface area contributed by atoms with Crippen molar-refractivity contribution in [3.8, 4) is 0 Å². The van der Waals surface area contributed by atoms with E-state index in [0.717, 1.165) is 24.8 Å². The Hall–Kier alpha value is -1.55. The lowest BCUT2D eigenvalue weighted by Crippen LogP contribution is -2.42. The number of ether oxygens (including phenoxy) is 2. The average Bonchev–Trinajstić information content (AvgIpc) is 2.82. The zero-order valence-corrected chi connectivity index (χ0v) is 11.6. The van der Waals surface area contributed by atoms with Crippen molar-refractivity contribution in [2.24, 2.45) is 11.0 Å². The summed E-state index contributed by atoms with van der Waals surface area (Å²) in [5.41, 5.74) is 9.40. The first-order valence-corrected chi connectivity index (χ1v) is 7.09. The highest BCUT2D eigenvalue weighted by atomic mass is 16.7. The highest BCUT2D eigenvalue weighted by molar-refractivity contribution is 5.17. The minimum Gasteiger partial charge on any atom is -0.345 e. The van der Waals surface area contributed by atoms with Gasteiger partial charge in [0, 0.05) is 16.5 Å². The van der Waals surface area contributed by atoms with Crippen LogP contribution in [-0.4, -0.2) is 18.2 Å². The third-order valence-corrected chi connectivity index (χ3v) is 4.14. The molecule has 1 aliphatic carbocycles. The summed E-state index contributed by atoms with van der Waals surface area (Å²) in [6.07, 6.45) is 2.36. The van der Waals surface area contributed by atoms with Crippen LogP contribution in [0.15, 0.2) is 35.4 Å². The molecule has 1 unspecified atom stereocenters. The van der Waals surface area contributed by atoms with E-state index in [0.29, 0.717) is 12.5 Å². The normalized spacial score (nSPS) is 36.8. The number of hydrogen-bond donors (Lipinski definition) is 0. The number of hydrogen-bond acceptors (Lipinski definition) is 3. The molecule has 3 rings (SSSR count). The molecule has 0 aromatic heterocycles. The van der Waals surface area contributed by atoms with E-state index < -0.39 is 0 Å². The third kappa shape index (κ3) is 2.66. The molecule has 2 fully saturated rings. The summed E-state index contributed by atoms with van der Waals surface area (Å²) in [5, 5.41) is 3.90. The first kappa shape index (κ1) is 13.4. The van der Waals surface area contributed by atoms with E-state index in [2.05, 4.69) is 16.9 Å². The second-order valence-electron chi connectivity index (χ2n) is 5.96. The number of azide groups is 1. The molecule has 2 aliphatic rings. The average molecular weight is 273 g/mol. The Bertz CT molecular complexity index is 515. The van der Waals surface area contributed by atoms with Crippen LogP contribution in [0.5, 0.6) is 0 Å². The van der Waals surface area contributed by atoms with Gasteiger partial charge in [-0.15, -0.1) is 0 Å². The van der Waals surface area contributed by atoms with Gasteiger partial charge in [-0.1, -0.05) is 42.4 Å². The summed E-state index contributed by atoms with van der Waals surface area (Å²) in [5.74, 6) is 0.484. The molecule has 1 saturated heterocycles. The van der Waals surface area contributed by atoms with Gasteiger partial charge in [-0.05, 0) is 30.7 Å². The van der Waals surface area contributed by atoms with Crippen LogP contribution < -0.4 is 0 Å². The smallest absolute Gasteiger partial charge is 0.184 e. The molecule has 1 spiro atoms. The van der Waals surface area contributed by atoms with Crippen molar-refractivity contribution in [2.75, 3.05) is 6.61 Å². The van der Waals surface area contributed by atoms with Crippen LogP contribution in [0.1, 0.15) is 38.0 Å². The van der Waals surface area contributed by atoms with Crippen LogP contribution >= 0.6 is 0 Å².